The van der Waals surface area contributed by atoms with Crippen LogP contribution in [0.15, 0.2) is 17.0 Å². The molecular weight excluding hydrogens is 70.0 g/mol. The molecule has 0 bridgehead atoms. The van der Waals surface area contributed by atoms with Gasteiger partial charge in [0.15, 0.2) is 0 Å². The number of aromatic nitrogens is 1. The van der Waals surface area contributed by atoms with E-state index in [1.165, 1.54) is 12.5 Å². The van der Waals surface area contributed by atoms with Crippen LogP contribution in [0.4, 0.5) is 0 Å². The molecule has 1 rings (SSSR count). The van der Waals surface area contributed by atoms with E-state index in [1.807, 2.05) is 0 Å². The third kappa shape index (κ3) is 0.154. The van der Waals surface area contributed by atoms with E-state index in [4.69, 9.17) is 5.21 Å². The monoisotopic (exact) mass is 73.0 g/mol. The van der Waals surface area contributed by atoms with Crippen molar-refractivity contribution in [3.8, 4) is 0 Å². The molecule has 1 aromatic rings. The molecule has 1 heterocycles. The molecule has 0 aliphatic heterocycles. The number of hydrogen-bond acceptors (Lipinski definition) is 2. The third-order valence-corrected chi connectivity index (χ3v) is 0.357. The summed E-state index contributed by atoms with van der Waals surface area (Å²) in [5.41, 5.74) is 0. The minimum absolute atomic E-state index is 0.625. The van der Waals surface area contributed by atoms with Gasteiger partial charge in [0.1, 0.15) is 12.5 Å². The lowest BCUT2D eigenvalue weighted by molar-refractivity contribution is -0.0243. The maximum absolute atomic E-state index is 7.97. The lowest BCUT2D eigenvalue weighted by Gasteiger charge is -1.91. The summed E-state index contributed by atoms with van der Waals surface area (Å²) in [5.74, 6) is 0. The van der Waals surface area contributed by atoms with Crippen LogP contribution in [0.25, 0.3) is 0 Å². The van der Waals surface area contributed by atoms with E-state index in [-0.39, 0.29) is 0 Å². The molecule has 0 radical (unpaired) electrons. The average Bonchev–Trinajstić information content (AvgIpc) is 1.30. The molecule has 0 unspecified atom stereocenters. The van der Waals surface area contributed by atoms with Crippen molar-refractivity contribution in [3.63, 3.8) is 0 Å². The predicted molar refractivity (Wildman–Crippen MR) is 13.9 cm³/mol. The van der Waals surface area contributed by atoms with Crippen molar-refractivity contribution in [1.82, 2.24) is 4.90 Å². The SMILES string of the molecule is On1cco1. The fourth-order valence-electron chi connectivity index (χ4n) is 0.115. The van der Waals surface area contributed by atoms with Crippen LogP contribution in [-0.4, -0.2) is 10.1 Å². The summed E-state index contributed by atoms with van der Waals surface area (Å²) >= 11 is 0. The van der Waals surface area contributed by atoms with Gasteiger partial charge in [-0.1, -0.05) is 0 Å². The van der Waals surface area contributed by atoms with E-state index in [2.05, 4.69) is 4.52 Å². The molecular formula is C2H3NO2. The molecule has 0 saturated heterocycles. The number of nitrogens with zero attached hydrogens (tertiary/aromatic N) is 1. The summed E-state index contributed by atoms with van der Waals surface area (Å²) in [6, 6.07) is 0. The Morgan fingerprint density at radius 1 is 1.80 bits per heavy atom. The van der Waals surface area contributed by atoms with Crippen LogP contribution in [0.1, 0.15) is 0 Å². The van der Waals surface area contributed by atoms with Gasteiger partial charge in [-0.2, -0.15) is 0 Å². The Balaban J connectivity index is 2.83. The lowest BCUT2D eigenvalue weighted by Crippen LogP contribution is -1.90. The number of rotatable bonds is 0. The Morgan fingerprint density at radius 3 is 2.20 bits per heavy atom. The van der Waals surface area contributed by atoms with E-state index >= 15 is 0 Å². The Bertz CT molecular complexity index is 89.8. The van der Waals surface area contributed by atoms with Crippen molar-refractivity contribution in [1.29, 1.82) is 0 Å². The summed E-state index contributed by atoms with van der Waals surface area (Å²) < 4.78 is 4.14. The Labute approximate surface area is 28.3 Å². The highest BCUT2D eigenvalue weighted by atomic mass is 16.7. The van der Waals surface area contributed by atoms with Gasteiger partial charge in [-0.3, -0.25) is 0 Å². The smallest absolute Gasteiger partial charge is 0.146 e. The fraction of sp³-hybridized carbons (Fsp3) is 0. The zero-order chi connectivity index (χ0) is 3.70. The van der Waals surface area contributed by atoms with Gasteiger partial charge in [0.05, 0.1) is 0 Å². The van der Waals surface area contributed by atoms with E-state index < -0.39 is 0 Å². The van der Waals surface area contributed by atoms with Crippen molar-refractivity contribution in [2.75, 3.05) is 0 Å². The Kier molecular flexibility index (Phi) is 0.259. The van der Waals surface area contributed by atoms with Crippen molar-refractivity contribution < 1.29 is 9.73 Å². The van der Waals surface area contributed by atoms with Gasteiger partial charge >= 0.3 is 0 Å². The second-order valence-corrected chi connectivity index (χ2v) is 0.693. The number of hydrogen-bond donors (Lipinski definition) is 1. The van der Waals surface area contributed by atoms with Crippen molar-refractivity contribution >= 4 is 0 Å². The third-order valence-electron chi connectivity index (χ3n) is 0.357. The van der Waals surface area contributed by atoms with Crippen LogP contribution in [0.3, 0.4) is 0 Å². The highest BCUT2D eigenvalue weighted by Gasteiger charge is 1.75. The van der Waals surface area contributed by atoms with E-state index in [9.17, 15) is 0 Å². The fourth-order valence-corrected chi connectivity index (χ4v) is 0.115. The van der Waals surface area contributed by atoms with Crippen LogP contribution < -0.4 is 0 Å². The van der Waals surface area contributed by atoms with Crippen molar-refractivity contribution in [2.24, 2.45) is 0 Å². The molecule has 5 heavy (non-hydrogen) atoms. The van der Waals surface area contributed by atoms with Gasteiger partial charge in [0.25, 0.3) is 0 Å². The first-order chi connectivity index (χ1) is 2.39. The molecule has 0 aliphatic carbocycles. The molecule has 0 aliphatic rings. The van der Waals surface area contributed by atoms with Gasteiger partial charge < -0.3 is 9.73 Å². The van der Waals surface area contributed by atoms with Gasteiger partial charge in [-0.25, -0.2) is 0 Å². The largest absolute Gasteiger partial charge is 0.401 e. The minimum Gasteiger partial charge on any atom is -0.401 e. The summed E-state index contributed by atoms with van der Waals surface area (Å²) in [6.45, 7) is 0. The Morgan fingerprint density at radius 2 is 2.20 bits per heavy atom. The van der Waals surface area contributed by atoms with E-state index in [0.717, 1.165) is 0 Å². The zero-order valence-corrected chi connectivity index (χ0v) is 2.46. The van der Waals surface area contributed by atoms with E-state index in [1.54, 1.807) is 0 Å². The maximum atomic E-state index is 7.97. The molecule has 1 aromatic heterocycles. The first kappa shape index (κ1) is 2.38. The standard InChI is InChI=1S/C2H3NO2/c4-3-1-2-5-3/h1-2,4H. The molecule has 0 spiro atoms. The Hall–Kier alpha value is -0.860. The molecule has 0 saturated carbocycles. The maximum Gasteiger partial charge on any atom is 0.146 e. The van der Waals surface area contributed by atoms with Gasteiger partial charge in [-0.15, -0.1) is 0 Å². The molecule has 0 fully saturated rings. The van der Waals surface area contributed by atoms with Crippen molar-refractivity contribution in [3.05, 3.63) is 12.5 Å². The minimum atomic E-state index is 0.625. The second-order valence-electron chi connectivity index (χ2n) is 0.693. The first-order valence-electron chi connectivity index (χ1n) is 1.21. The molecule has 3 nitrogen and oxygen atoms in total. The second kappa shape index (κ2) is 0.544. The van der Waals surface area contributed by atoms with Crippen LogP contribution in [0.5, 0.6) is 0 Å². The molecule has 0 aromatic carbocycles. The van der Waals surface area contributed by atoms with Gasteiger partial charge in [0, 0.05) is 0 Å². The highest BCUT2D eigenvalue weighted by molar-refractivity contribution is 4.54. The highest BCUT2D eigenvalue weighted by Crippen LogP contribution is 1.79. The average molecular weight is 73.1 g/mol. The van der Waals surface area contributed by atoms with Crippen LogP contribution >= 0.6 is 0 Å². The summed E-state index contributed by atoms with van der Waals surface area (Å²) in [4.78, 5) is 0.625. The lowest BCUT2D eigenvalue weighted by atomic mass is 11.0. The molecule has 0 amide bonds. The molecule has 1 N–H and O–H groups in total. The zero-order valence-electron chi connectivity index (χ0n) is 2.46. The topological polar surface area (TPSA) is 38.3 Å². The van der Waals surface area contributed by atoms with Crippen LogP contribution in [-0.2, 0) is 0 Å². The normalized spacial score (nSPS) is 8.80. The van der Waals surface area contributed by atoms with E-state index in [0.29, 0.717) is 4.90 Å². The summed E-state index contributed by atoms with van der Waals surface area (Å²) in [5, 5.41) is 7.97. The van der Waals surface area contributed by atoms with Crippen LogP contribution in [0, 0.1) is 0 Å². The predicted octanol–water partition coefficient (Wildman–Crippen LogP) is 0.318. The summed E-state index contributed by atoms with van der Waals surface area (Å²) in [6.07, 6.45) is 2.76. The molecule has 0 atom stereocenters. The first-order valence-corrected chi connectivity index (χ1v) is 1.21. The summed E-state index contributed by atoms with van der Waals surface area (Å²) in [7, 11) is 0. The van der Waals surface area contributed by atoms with Crippen molar-refractivity contribution in [2.45, 2.75) is 0 Å². The molecule has 3 heteroatoms. The quantitative estimate of drug-likeness (QED) is 0.449. The van der Waals surface area contributed by atoms with Gasteiger partial charge in [-0.05, 0) is 4.90 Å². The molecule has 28 valence electrons. The van der Waals surface area contributed by atoms with Gasteiger partial charge in [0.2, 0.25) is 0 Å². The van der Waals surface area contributed by atoms with Crippen LogP contribution in [0.2, 0.25) is 0 Å².